The fraction of sp³-hybridized carbons (Fsp3) is 0.235. The second kappa shape index (κ2) is 6.85. The summed E-state index contributed by atoms with van der Waals surface area (Å²) in [5.74, 6) is 0.769. The number of nitrogens with one attached hydrogen (secondary N) is 1. The number of anilines is 1. The van der Waals surface area contributed by atoms with Gasteiger partial charge in [0, 0.05) is 18.9 Å². The predicted molar refractivity (Wildman–Crippen MR) is 84.4 cm³/mol. The van der Waals surface area contributed by atoms with Crippen LogP contribution in [0.25, 0.3) is 0 Å². The molecule has 112 valence electrons. The second-order valence-electron chi connectivity index (χ2n) is 5.03. The average Bonchev–Trinajstić information content (AvgIpc) is 3.04. The van der Waals surface area contributed by atoms with Gasteiger partial charge in [0.2, 0.25) is 5.89 Å². The topological polar surface area (TPSA) is 63.8 Å². The number of nitrogens with zero attached hydrogens (tertiary/aromatic N) is 3. The fourth-order valence-electron chi connectivity index (χ4n) is 2.37. The summed E-state index contributed by atoms with van der Waals surface area (Å²) in [6, 6.07) is 14.6. The van der Waals surface area contributed by atoms with Crippen LogP contribution in [0.5, 0.6) is 0 Å². The minimum Gasteiger partial charge on any atom is -0.407 e. The number of rotatable bonds is 6. The van der Waals surface area contributed by atoms with Gasteiger partial charge in [0.25, 0.3) is 0 Å². The van der Waals surface area contributed by atoms with Gasteiger partial charge in [-0.3, -0.25) is 4.98 Å². The minimum atomic E-state index is 0.127. The molecule has 0 saturated heterocycles. The molecule has 0 saturated carbocycles. The maximum atomic E-state index is 5.76. The first kappa shape index (κ1) is 14.3. The van der Waals surface area contributed by atoms with Crippen molar-refractivity contribution in [3.8, 4) is 0 Å². The number of hydrogen-bond donors (Lipinski definition) is 1. The highest BCUT2D eigenvalue weighted by molar-refractivity contribution is 5.27. The molecule has 1 aromatic carbocycles. The molecule has 0 bridgehead atoms. The molecule has 5 heteroatoms. The van der Waals surface area contributed by atoms with Gasteiger partial charge in [-0.2, -0.15) is 0 Å². The number of aromatic nitrogens is 3. The van der Waals surface area contributed by atoms with Crippen LogP contribution in [0.15, 0.2) is 59.3 Å². The first-order valence-corrected chi connectivity index (χ1v) is 7.38. The van der Waals surface area contributed by atoms with Crippen molar-refractivity contribution in [2.45, 2.75) is 25.8 Å². The molecular weight excluding hydrogens is 276 g/mol. The Morgan fingerprint density at radius 2 is 1.95 bits per heavy atom. The normalized spacial score (nSPS) is 12.0. The summed E-state index contributed by atoms with van der Waals surface area (Å²) < 4.78 is 5.76. The summed E-state index contributed by atoms with van der Waals surface area (Å²) in [4.78, 5) is 4.08. The van der Waals surface area contributed by atoms with Crippen molar-refractivity contribution in [1.29, 1.82) is 0 Å². The van der Waals surface area contributed by atoms with Crippen LogP contribution in [0.3, 0.4) is 0 Å². The molecule has 1 N–H and O–H groups in total. The lowest BCUT2D eigenvalue weighted by Gasteiger charge is -2.10. The number of benzene rings is 1. The Kier molecular flexibility index (Phi) is 4.44. The molecule has 0 spiro atoms. The first-order chi connectivity index (χ1) is 10.9. The summed E-state index contributed by atoms with van der Waals surface area (Å²) in [6.45, 7) is 2.72. The molecule has 0 aliphatic carbocycles. The van der Waals surface area contributed by atoms with Crippen LogP contribution in [0.1, 0.15) is 36.3 Å². The van der Waals surface area contributed by atoms with E-state index in [1.165, 1.54) is 5.56 Å². The van der Waals surface area contributed by atoms with Gasteiger partial charge in [-0.25, -0.2) is 0 Å². The Morgan fingerprint density at radius 3 is 2.68 bits per heavy atom. The van der Waals surface area contributed by atoms with E-state index >= 15 is 0 Å². The zero-order valence-electron chi connectivity index (χ0n) is 12.4. The third-order valence-electron chi connectivity index (χ3n) is 3.52. The van der Waals surface area contributed by atoms with Gasteiger partial charge in [0.05, 0.1) is 5.92 Å². The molecule has 0 unspecified atom stereocenters. The lowest BCUT2D eigenvalue weighted by atomic mass is 9.97. The third-order valence-corrected chi connectivity index (χ3v) is 3.52. The van der Waals surface area contributed by atoms with E-state index in [9.17, 15) is 0 Å². The quantitative estimate of drug-likeness (QED) is 0.752. The molecule has 0 aliphatic heterocycles. The molecular formula is C17H18N4O. The molecule has 0 radical (unpaired) electrons. The van der Waals surface area contributed by atoms with Crippen LogP contribution in [0, 0.1) is 0 Å². The molecule has 2 heterocycles. The average molecular weight is 294 g/mol. The summed E-state index contributed by atoms with van der Waals surface area (Å²) >= 11 is 0. The van der Waals surface area contributed by atoms with E-state index in [0.717, 1.165) is 12.0 Å². The Morgan fingerprint density at radius 1 is 1.09 bits per heavy atom. The summed E-state index contributed by atoms with van der Waals surface area (Å²) in [6.07, 6.45) is 4.47. The van der Waals surface area contributed by atoms with Gasteiger partial charge in [0.1, 0.15) is 0 Å². The van der Waals surface area contributed by atoms with Crippen LogP contribution >= 0.6 is 0 Å². The van der Waals surface area contributed by atoms with E-state index < -0.39 is 0 Å². The maximum absolute atomic E-state index is 5.76. The Labute approximate surface area is 129 Å². The van der Waals surface area contributed by atoms with Crippen molar-refractivity contribution < 1.29 is 4.42 Å². The monoisotopic (exact) mass is 294 g/mol. The molecule has 0 amide bonds. The van der Waals surface area contributed by atoms with Gasteiger partial charge in [-0.15, -0.1) is 5.10 Å². The van der Waals surface area contributed by atoms with Gasteiger partial charge in [0.15, 0.2) is 0 Å². The molecule has 22 heavy (non-hydrogen) atoms. The van der Waals surface area contributed by atoms with Crippen LogP contribution < -0.4 is 5.32 Å². The molecule has 0 fully saturated rings. The van der Waals surface area contributed by atoms with E-state index in [1.807, 2.05) is 36.5 Å². The number of pyridine rings is 1. The van der Waals surface area contributed by atoms with E-state index in [1.54, 1.807) is 6.20 Å². The molecule has 3 rings (SSSR count). The minimum absolute atomic E-state index is 0.127. The van der Waals surface area contributed by atoms with Crippen molar-refractivity contribution >= 4 is 6.01 Å². The maximum Gasteiger partial charge on any atom is 0.315 e. The molecule has 3 aromatic rings. The van der Waals surface area contributed by atoms with Gasteiger partial charge in [-0.05, 0) is 23.6 Å². The first-order valence-electron chi connectivity index (χ1n) is 7.38. The van der Waals surface area contributed by atoms with Crippen LogP contribution in [0.2, 0.25) is 0 Å². The highest BCUT2D eigenvalue weighted by Gasteiger charge is 2.18. The van der Waals surface area contributed by atoms with Gasteiger partial charge in [-0.1, -0.05) is 48.4 Å². The smallest absolute Gasteiger partial charge is 0.315 e. The molecule has 2 aromatic heterocycles. The standard InChI is InChI=1S/C17H18N4O/c1-2-15(14-8-4-3-5-9-14)16-20-21-17(22-16)19-12-13-7-6-10-18-11-13/h3-11,15H,2,12H2,1H3,(H,19,21)/t15-/m0/s1. The van der Waals surface area contributed by atoms with E-state index in [0.29, 0.717) is 18.5 Å². The van der Waals surface area contributed by atoms with Crippen LogP contribution in [0.4, 0.5) is 6.01 Å². The predicted octanol–water partition coefficient (Wildman–Crippen LogP) is 3.62. The van der Waals surface area contributed by atoms with Crippen molar-refractivity contribution in [2.75, 3.05) is 5.32 Å². The highest BCUT2D eigenvalue weighted by atomic mass is 16.4. The molecule has 1 atom stereocenters. The fourth-order valence-corrected chi connectivity index (χ4v) is 2.37. The zero-order chi connectivity index (χ0) is 15.2. The zero-order valence-corrected chi connectivity index (χ0v) is 12.4. The second-order valence-corrected chi connectivity index (χ2v) is 5.03. The van der Waals surface area contributed by atoms with Crippen molar-refractivity contribution in [2.24, 2.45) is 0 Å². The Balaban J connectivity index is 1.70. The van der Waals surface area contributed by atoms with Gasteiger partial charge < -0.3 is 9.73 Å². The Bertz CT molecular complexity index is 697. The van der Waals surface area contributed by atoms with Crippen LogP contribution in [-0.4, -0.2) is 15.2 Å². The van der Waals surface area contributed by atoms with Crippen molar-refractivity contribution in [1.82, 2.24) is 15.2 Å². The summed E-state index contributed by atoms with van der Waals surface area (Å²) in [5, 5.41) is 11.4. The number of hydrogen-bond acceptors (Lipinski definition) is 5. The summed E-state index contributed by atoms with van der Waals surface area (Å²) in [5.41, 5.74) is 2.25. The van der Waals surface area contributed by atoms with E-state index in [4.69, 9.17) is 4.42 Å². The van der Waals surface area contributed by atoms with E-state index in [2.05, 4.69) is 39.6 Å². The molecule has 0 aliphatic rings. The lowest BCUT2D eigenvalue weighted by molar-refractivity contribution is 0.473. The van der Waals surface area contributed by atoms with Gasteiger partial charge >= 0.3 is 6.01 Å². The third kappa shape index (κ3) is 3.31. The lowest BCUT2D eigenvalue weighted by Crippen LogP contribution is -2.00. The SMILES string of the molecule is CC[C@@H](c1ccccc1)c1nnc(NCc2cccnc2)o1. The molecule has 5 nitrogen and oxygen atoms in total. The largest absolute Gasteiger partial charge is 0.407 e. The van der Waals surface area contributed by atoms with Crippen molar-refractivity contribution in [3.05, 3.63) is 71.9 Å². The van der Waals surface area contributed by atoms with E-state index in [-0.39, 0.29) is 5.92 Å². The highest BCUT2D eigenvalue weighted by Crippen LogP contribution is 2.27. The van der Waals surface area contributed by atoms with Crippen LogP contribution in [-0.2, 0) is 6.54 Å². The van der Waals surface area contributed by atoms with Crippen molar-refractivity contribution in [3.63, 3.8) is 0 Å². The summed E-state index contributed by atoms with van der Waals surface area (Å²) in [7, 11) is 0. The Hall–Kier alpha value is -2.69.